The number of hydrogen-bond donors (Lipinski definition) is 1. The lowest BCUT2D eigenvalue weighted by Gasteiger charge is -2.15. The molecule has 0 amide bonds. The zero-order valence-electron chi connectivity index (χ0n) is 15.1. The van der Waals surface area contributed by atoms with E-state index >= 15 is 0 Å². The Balaban J connectivity index is 2.17. The highest BCUT2D eigenvalue weighted by molar-refractivity contribution is 7.79. The highest BCUT2D eigenvalue weighted by atomic mass is 32.2. The van der Waals surface area contributed by atoms with E-state index in [-0.39, 0.29) is 16.7 Å². The van der Waals surface area contributed by atoms with Crippen molar-refractivity contribution in [2.24, 2.45) is 0 Å². The molecule has 0 bridgehead atoms. The van der Waals surface area contributed by atoms with Crippen molar-refractivity contribution in [3.8, 4) is 0 Å². The summed E-state index contributed by atoms with van der Waals surface area (Å²) in [5.41, 5.74) is -0.604. The van der Waals surface area contributed by atoms with Gasteiger partial charge < -0.3 is 9.54 Å². The molecule has 28 heavy (non-hydrogen) atoms. The van der Waals surface area contributed by atoms with Gasteiger partial charge in [-0.05, 0) is 49.5 Å². The minimum absolute atomic E-state index is 0.0378. The Labute approximate surface area is 159 Å². The molecule has 1 N–H and O–H groups in total. The van der Waals surface area contributed by atoms with Crippen LogP contribution in [0.3, 0.4) is 0 Å². The van der Waals surface area contributed by atoms with Crippen LogP contribution in [0.4, 0.5) is 13.2 Å². The fourth-order valence-electron chi connectivity index (χ4n) is 2.92. The quantitative estimate of drug-likeness (QED) is 0.662. The Morgan fingerprint density at radius 2 is 1.82 bits per heavy atom. The summed E-state index contributed by atoms with van der Waals surface area (Å²) in [5, 5.41) is 3.26. The number of nitrogens with zero attached hydrogens (tertiary/aromatic N) is 3. The predicted molar refractivity (Wildman–Crippen MR) is 95.5 cm³/mol. The summed E-state index contributed by atoms with van der Waals surface area (Å²) >= 11 is -2.52. The van der Waals surface area contributed by atoms with Gasteiger partial charge in [-0.25, -0.2) is 9.67 Å². The van der Waals surface area contributed by atoms with Crippen LogP contribution in [0.1, 0.15) is 47.8 Å². The van der Waals surface area contributed by atoms with Crippen LogP contribution in [0.5, 0.6) is 0 Å². The van der Waals surface area contributed by atoms with Crippen LogP contribution in [0.2, 0.25) is 0 Å². The molecule has 0 spiro atoms. The van der Waals surface area contributed by atoms with E-state index in [1.165, 1.54) is 23.7 Å². The van der Waals surface area contributed by atoms with Crippen molar-refractivity contribution in [3.63, 3.8) is 0 Å². The molecule has 0 aliphatic rings. The molecule has 3 rings (SSSR count). The van der Waals surface area contributed by atoms with Gasteiger partial charge in [-0.1, -0.05) is 12.1 Å². The molecule has 0 fully saturated rings. The van der Waals surface area contributed by atoms with Gasteiger partial charge in [-0.2, -0.15) is 18.3 Å². The third-order valence-electron chi connectivity index (χ3n) is 4.47. The van der Waals surface area contributed by atoms with E-state index in [9.17, 15) is 26.7 Å². The fourth-order valence-corrected chi connectivity index (χ4v) is 3.27. The second-order valence-electron chi connectivity index (χ2n) is 6.38. The summed E-state index contributed by atoms with van der Waals surface area (Å²) < 4.78 is 62.5. The van der Waals surface area contributed by atoms with Crippen LogP contribution in [0.15, 0.2) is 29.1 Å². The molecule has 1 aromatic carbocycles. The minimum atomic E-state index is -4.45. The van der Waals surface area contributed by atoms with Gasteiger partial charge >= 0.3 is 6.18 Å². The van der Waals surface area contributed by atoms with Crippen LogP contribution in [0.25, 0.3) is 11.0 Å². The standard InChI is InChI=1S/C17H17F3N4O3S/c1-8(11-4-6-12(7-5-11)17(18,19)20)24-15-13(16(25)22-10(3)21-15)14(23-24)9(2)28(26)27/h4-9H,1-3H3,(H,26,27)(H,21,22,25)/p-1/t8-,9-/m0/s1. The molecule has 150 valence electrons. The van der Waals surface area contributed by atoms with Crippen molar-refractivity contribution in [2.45, 2.75) is 38.2 Å². The summed E-state index contributed by atoms with van der Waals surface area (Å²) in [6.07, 6.45) is -4.45. The van der Waals surface area contributed by atoms with Crippen molar-refractivity contribution in [2.75, 3.05) is 0 Å². The summed E-state index contributed by atoms with van der Waals surface area (Å²) in [6, 6.07) is 3.96. The van der Waals surface area contributed by atoms with Gasteiger partial charge in [-0.15, -0.1) is 0 Å². The van der Waals surface area contributed by atoms with Crippen LogP contribution < -0.4 is 5.56 Å². The van der Waals surface area contributed by atoms with Crippen molar-refractivity contribution < 1.29 is 21.9 Å². The second kappa shape index (κ2) is 7.13. The van der Waals surface area contributed by atoms with E-state index in [1.54, 1.807) is 13.8 Å². The first kappa shape index (κ1) is 20.2. The van der Waals surface area contributed by atoms with E-state index in [2.05, 4.69) is 15.1 Å². The highest BCUT2D eigenvalue weighted by Gasteiger charge is 2.30. The van der Waals surface area contributed by atoms with Crippen LogP contribution in [-0.4, -0.2) is 28.5 Å². The smallest absolute Gasteiger partial charge is 0.416 e. The van der Waals surface area contributed by atoms with Crippen molar-refractivity contribution in [3.05, 3.63) is 57.3 Å². The van der Waals surface area contributed by atoms with E-state index in [1.807, 2.05) is 0 Å². The third-order valence-corrected chi connectivity index (χ3v) is 5.27. The topological polar surface area (TPSA) is 104 Å². The zero-order chi connectivity index (χ0) is 20.8. The van der Waals surface area contributed by atoms with Gasteiger partial charge in [0.1, 0.15) is 11.2 Å². The zero-order valence-corrected chi connectivity index (χ0v) is 15.9. The van der Waals surface area contributed by atoms with Gasteiger partial charge in [0.05, 0.1) is 22.5 Å². The number of rotatable bonds is 4. The average Bonchev–Trinajstić information content (AvgIpc) is 2.99. The van der Waals surface area contributed by atoms with Gasteiger partial charge in [0.25, 0.3) is 5.56 Å². The van der Waals surface area contributed by atoms with Crippen LogP contribution in [-0.2, 0) is 17.3 Å². The van der Waals surface area contributed by atoms with Crippen LogP contribution in [0, 0.1) is 6.92 Å². The SMILES string of the molecule is Cc1nc2c(c([C@H](C)S(=O)[O-])nn2[C@@H](C)c2ccc(C(F)(F)F)cc2)c(=O)[nH]1. The lowest BCUT2D eigenvalue weighted by atomic mass is 10.1. The number of aromatic amines is 1. The van der Waals surface area contributed by atoms with Gasteiger partial charge in [0.15, 0.2) is 5.65 Å². The first-order valence-corrected chi connectivity index (χ1v) is 9.38. The maximum atomic E-state index is 12.8. The average molecular weight is 413 g/mol. The van der Waals surface area contributed by atoms with E-state index < -0.39 is 39.7 Å². The monoisotopic (exact) mass is 413 g/mol. The summed E-state index contributed by atoms with van der Waals surface area (Å²) in [5.74, 6) is 0.306. The molecule has 7 nitrogen and oxygen atoms in total. The molecule has 3 aromatic rings. The molecule has 0 aliphatic carbocycles. The Morgan fingerprint density at radius 3 is 2.36 bits per heavy atom. The van der Waals surface area contributed by atoms with Gasteiger partial charge in [-0.3, -0.25) is 9.00 Å². The number of halogens is 3. The Morgan fingerprint density at radius 1 is 1.21 bits per heavy atom. The normalized spacial score (nSPS) is 15.5. The number of benzene rings is 1. The number of nitrogens with one attached hydrogen (secondary N) is 1. The molecule has 3 atom stereocenters. The van der Waals surface area contributed by atoms with Gasteiger partial charge in [0.2, 0.25) is 0 Å². The maximum Gasteiger partial charge on any atom is 0.416 e. The number of hydrogen-bond acceptors (Lipinski definition) is 5. The molecular weight excluding hydrogens is 397 g/mol. The molecule has 0 radical (unpaired) electrons. The molecular formula is C17H16F3N4O3S-. The minimum Gasteiger partial charge on any atom is -0.772 e. The van der Waals surface area contributed by atoms with E-state index in [0.29, 0.717) is 11.4 Å². The number of alkyl halides is 3. The lowest BCUT2D eigenvalue weighted by molar-refractivity contribution is -0.137. The summed E-state index contributed by atoms with van der Waals surface area (Å²) in [7, 11) is 0. The molecule has 0 aliphatic heterocycles. The van der Waals surface area contributed by atoms with Gasteiger partial charge in [0, 0.05) is 0 Å². The first-order valence-electron chi connectivity index (χ1n) is 8.25. The number of aryl methyl sites for hydroxylation is 1. The number of aromatic nitrogens is 4. The largest absolute Gasteiger partial charge is 0.772 e. The summed E-state index contributed by atoms with van der Waals surface area (Å²) in [6.45, 7) is 4.63. The van der Waals surface area contributed by atoms with E-state index in [0.717, 1.165) is 12.1 Å². The number of fused-ring (bicyclic) bond motifs is 1. The first-order chi connectivity index (χ1) is 13.0. The van der Waals surface area contributed by atoms with E-state index in [4.69, 9.17) is 0 Å². The second-order valence-corrected chi connectivity index (χ2v) is 7.61. The Kier molecular flexibility index (Phi) is 5.15. The van der Waals surface area contributed by atoms with Crippen molar-refractivity contribution in [1.29, 1.82) is 0 Å². The molecule has 11 heteroatoms. The Hall–Kier alpha value is -2.53. The molecule has 2 heterocycles. The lowest BCUT2D eigenvalue weighted by Crippen LogP contribution is -2.14. The van der Waals surface area contributed by atoms with Crippen LogP contribution >= 0.6 is 0 Å². The summed E-state index contributed by atoms with van der Waals surface area (Å²) in [4.78, 5) is 19.2. The molecule has 0 saturated carbocycles. The third kappa shape index (κ3) is 3.59. The molecule has 0 saturated heterocycles. The maximum absolute atomic E-state index is 12.8. The number of H-pyrrole nitrogens is 1. The van der Waals surface area contributed by atoms with Crippen molar-refractivity contribution >= 4 is 22.1 Å². The Bertz CT molecular complexity index is 1110. The predicted octanol–water partition coefficient (Wildman–Crippen LogP) is 3.00. The van der Waals surface area contributed by atoms with Crippen molar-refractivity contribution in [1.82, 2.24) is 19.7 Å². The molecule has 2 aromatic heterocycles. The molecule has 1 unspecified atom stereocenters. The fraction of sp³-hybridized carbons (Fsp3) is 0.353. The highest BCUT2D eigenvalue weighted by Crippen LogP contribution is 2.32.